The van der Waals surface area contributed by atoms with Crippen LogP contribution in [0.2, 0.25) is 0 Å². The summed E-state index contributed by atoms with van der Waals surface area (Å²) < 4.78 is 0. The molecule has 4 aliphatic heterocycles. The van der Waals surface area contributed by atoms with Crippen molar-refractivity contribution in [2.75, 3.05) is 0 Å². The van der Waals surface area contributed by atoms with E-state index in [1.54, 1.807) is 0 Å². The Morgan fingerprint density at radius 3 is 0.984 bits per heavy atom. The minimum Gasteiger partial charge on any atom is -0.300 e. The summed E-state index contributed by atoms with van der Waals surface area (Å²) in [4.78, 5) is 23.7. The molecule has 4 heterocycles. The maximum Gasteiger partial charge on any atom is 0.133 e. The van der Waals surface area contributed by atoms with E-state index in [9.17, 15) is 9.59 Å². The lowest BCUT2D eigenvalue weighted by Crippen LogP contribution is -2.41. The molecule has 362 valence electrons. The third kappa shape index (κ3) is 17.9. The van der Waals surface area contributed by atoms with Crippen molar-refractivity contribution in [1.29, 1.82) is 0 Å². The molecule has 0 spiro atoms. The zero-order chi connectivity index (χ0) is 48.0. The van der Waals surface area contributed by atoms with E-state index >= 15 is 0 Å². The molecule has 0 aromatic carbocycles. The number of carbonyl (C=O) groups is 2. The van der Waals surface area contributed by atoms with Crippen molar-refractivity contribution < 1.29 is 9.59 Å². The molecular weight excluding hydrogens is 816 g/mol. The maximum absolute atomic E-state index is 11.9. The Labute approximate surface area is 390 Å². The second kappa shape index (κ2) is 22.9. The molecule has 0 radical (unpaired) electrons. The van der Waals surface area contributed by atoms with Crippen molar-refractivity contribution in [1.82, 2.24) is 0 Å². The molecule has 6 heteroatoms. The van der Waals surface area contributed by atoms with E-state index in [1.165, 1.54) is 64.2 Å². The van der Waals surface area contributed by atoms with Crippen molar-refractivity contribution in [2.24, 2.45) is 0 Å². The lowest BCUT2D eigenvalue weighted by atomic mass is 9.97. The molecule has 0 aromatic heterocycles. The van der Waals surface area contributed by atoms with E-state index in [0.717, 1.165) is 55.5 Å². The average molecular weight is 927 g/mol. The molecule has 4 fully saturated rings. The standard InChI is InChI=1S/C15H29OP.C14H29P.C13H25OP.C13H27P/c1-13(2,3)17-14(4,5)10-8-9-12(16)11-15(17,6)7;1-12(2)15-13(3,4)10-8-7-9-11-14(15,5)6;1-10(2)15-12(3,4)8-7-11(14)9-13(15,5)6;1-11(2)14-12(3,4)9-7-8-10-13(14,5)6/h8-11H2,1-7H3;12H,7-11H2,1-6H3;10H,7-9H2,1-6H3;11H,7-10H2,1-6H3. The van der Waals surface area contributed by atoms with Crippen LogP contribution in [0.1, 0.15) is 276 Å². The van der Waals surface area contributed by atoms with Gasteiger partial charge in [0, 0.05) is 25.7 Å². The Morgan fingerprint density at radius 2 is 0.639 bits per heavy atom. The number of Topliss-reactive ketones (excluding diaryl/α,β-unsaturated/α-hetero) is 2. The van der Waals surface area contributed by atoms with Gasteiger partial charge in [0.2, 0.25) is 0 Å². The Balaban J connectivity index is 0.000000408. The van der Waals surface area contributed by atoms with Crippen LogP contribution in [-0.4, -0.2) is 74.9 Å². The summed E-state index contributed by atoms with van der Waals surface area (Å²) in [7, 11) is 0.0135. The monoisotopic (exact) mass is 927 g/mol. The van der Waals surface area contributed by atoms with Gasteiger partial charge in [0.05, 0.1) is 0 Å². The fourth-order valence-corrected chi connectivity index (χ4v) is 36.5. The second-order valence-electron chi connectivity index (χ2n) is 26.9. The average Bonchev–Trinajstić information content (AvgIpc) is 3.15. The predicted molar refractivity (Wildman–Crippen MR) is 289 cm³/mol. The molecule has 4 saturated heterocycles. The summed E-state index contributed by atoms with van der Waals surface area (Å²) in [5, 5.41) is 3.85. The summed E-state index contributed by atoms with van der Waals surface area (Å²) in [6.45, 7) is 60.3. The van der Waals surface area contributed by atoms with Crippen molar-refractivity contribution in [3.8, 4) is 0 Å². The third-order valence-electron chi connectivity index (χ3n) is 14.8. The van der Waals surface area contributed by atoms with Crippen molar-refractivity contribution in [3.63, 3.8) is 0 Å². The van der Waals surface area contributed by atoms with E-state index in [1.807, 2.05) is 0 Å². The molecule has 61 heavy (non-hydrogen) atoms. The van der Waals surface area contributed by atoms with Crippen LogP contribution in [0, 0.1) is 0 Å². The van der Waals surface area contributed by atoms with Crippen LogP contribution in [0.4, 0.5) is 0 Å². The largest absolute Gasteiger partial charge is 0.300 e. The van der Waals surface area contributed by atoms with Crippen LogP contribution in [0.3, 0.4) is 0 Å². The molecule has 0 N–H and O–H groups in total. The summed E-state index contributed by atoms with van der Waals surface area (Å²) in [5.74, 6) is 0.945. The van der Waals surface area contributed by atoms with E-state index in [2.05, 4.69) is 173 Å². The lowest BCUT2D eigenvalue weighted by molar-refractivity contribution is -0.120. The number of hydrogen-bond acceptors (Lipinski definition) is 2. The first-order valence-electron chi connectivity index (χ1n) is 25.4. The molecule has 4 aliphatic rings. The van der Waals surface area contributed by atoms with Gasteiger partial charge in [-0.25, -0.2) is 0 Å². The Hall–Kier alpha value is 1.06. The van der Waals surface area contributed by atoms with Gasteiger partial charge in [-0.2, -0.15) is 0 Å². The van der Waals surface area contributed by atoms with Gasteiger partial charge in [-0.3, -0.25) is 9.59 Å². The summed E-state index contributed by atoms with van der Waals surface area (Å²) >= 11 is 0. The molecule has 2 unspecified atom stereocenters. The first-order chi connectivity index (χ1) is 27.2. The van der Waals surface area contributed by atoms with Crippen LogP contribution >= 0.6 is 31.7 Å². The molecular formula is C55H110O2P4. The first kappa shape index (κ1) is 60.1. The van der Waals surface area contributed by atoms with Gasteiger partial charge in [-0.05, 0) is 108 Å². The molecule has 0 bridgehead atoms. The zero-order valence-corrected chi connectivity index (χ0v) is 49.7. The van der Waals surface area contributed by atoms with E-state index < -0.39 is 0 Å². The predicted octanol–water partition coefficient (Wildman–Crippen LogP) is 19.6. The molecule has 2 nitrogen and oxygen atoms in total. The van der Waals surface area contributed by atoms with Crippen LogP contribution in [0.25, 0.3) is 0 Å². The molecule has 4 rings (SSSR count). The second-order valence-corrected chi connectivity index (χ2v) is 44.0. The quantitative estimate of drug-likeness (QED) is 0.264. The van der Waals surface area contributed by atoms with Crippen molar-refractivity contribution in [3.05, 3.63) is 0 Å². The Kier molecular flexibility index (Phi) is 22.6. The zero-order valence-electron chi connectivity index (χ0n) is 46.2. The smallest absolute Gasteiger partial charge is 0.133 e. The van der Waals surface area contributed by atoms with Crippen LogP contribution < -0.4 is 0 Å². The minimum atomic E-state index is -0.190. The number of carbonyl (C=O) groups excluding carboxylic acids is 2. The summed E-state index contributed by atoms with van der Waals surface area (Å²) in [6.07, 6.45) is 19.5. The highest BCUT2D eigenvalue weighted by Crippen LogP contribution is 2.71. The van der Waals surface area contributed by atoms with Gasteiger partial charge in [-0.1, -0.05) is 237 Å². The van der Waals surface area contributed by atoms with E-state index in [0.29, 0.717) is 47.7 Å². The number of rotatable bonds is 3. The fourth-order valence-electron chi connectivity index (χ4n) is 14.9. The van der Waals surface area contributed by atoms with Gasteiger partial charge >= 0.3 is 0 Å². The van der Waals surface area contributed by atoms with Gasteiger partial charge < -0.3 is 0 Å². The normalized spacial score (nSPS) is 28.8. The summed E-state index contributed by atoms with van der Waals surface area (Å²) in [5.41, 5.74) is 2.48. The molecule has 0 aliphatic carbocycles. The van der Waals surface area contributed by atoms with Gasteiger partial charge in [-0.15, -0.1) is 0 Å². The fraction of sp³-hybridized carbons (Fsp3) is 0.964. The van der Waals surface area contributed by atoms with Crippen LogP contribution in [-0.2, 0) is 9.59 Å². The van der Waals surface area contributed by atoms with Gasteiger partial charge in [0.25, 0.3) is 0 Å². The van der Waals surface area contributed by atoms with E-state index in [-0.39, 0.29) is 42.0 Å². The number of ketones is 2. The Bertz CT molecular complexity index is 1320. The minimum absolute atomic E-state index is 0.0913. The molecule has 0 amide bonds. The first-order valence-corrected chi connectivity index (χ1v) is 31.0. The van der Waals surface area contributed by atoms with Gasteiger partial charge in [0.15, 0.2) is 0 Å². The molecule has 0 saturated carbocycles. The molecule has 0 aromatic rings. The van der Waals surface area contributed by atoms with Crippen LogP contribution in [0.5, 0.6) is 0 Å². The highest BCUT2D eigenvalue weighted by molar-refractivity contribution is 7.63. The summed E-state index contributed by atoms with van der Waals surface area (Å²) in [6, 6.07) is 0. The third-order valence-corrected chi connectivity index (χ3v) is 31.1. The maximum atomic E-state index is 11.9. The Morgan fingerprint density at radius 1 is 0.361 bits per heavy atom. The van der Waals surface area contributed by atoms with Gasteiger partial charge in [0.1, 0.15) is 11.6 Å². The number of hydrogen-bond donors (Lipinski definition) is 0. The van der Waals surface area contributed by atoms with E-state index in [4.69, 9.17) is 0 Å². The SMILES string of the molecule is CC(C)(C)P1C(C)(C)CCCC(=O)CC1(C)C.CC(C)P1C(C)(C)CCC(=O)CC1(C)C.CC(C)P1C(C)(C)CCCCC1(C)C.CC(C)P1C(C)(C)CCCCCC1(C)C. The highest BCUT2D eigenvalue weighted by Gasteiger charge is 2.49. The highest BCUT2D eigenvalue weighted by atomic mass is 31.1. The van der Waals surface area contributed by atoms with Crippen molar-refractivity contribution >= 4 is 43.3 Å². The van der Waals surface area contributed by atoms with Crippen LogP contribution in [0.15, 0.2) is 0 Å². The molecule has 2 atom stereocenters. The van der Waals surface area contributed by atoms with Crippen molar-refractivity contribution in [2.45, 2.75) is 339 Å². The lowest BCUT2D eigenvalue weighted by Gasteiger charge is -2.53. The topological polar surface area (TPSA) is 34.1 Å².